The van der Waals surface area contributed by atoms with Crippen molar-refractivity contribution in [2.24, 2.45) is 0 Å². The standard InChI is InChI=1S/C21H24N2O4/c1-4-16-7-6-15(14-24)12-19(16)22(3)21(5-2)11-10-17-13-18(23(25)26)8-9-20(17)27-21/h6-13,24H,4-5,14H2,1-3H3. The van der Waals surface area contributed by atoms with Gasteiger partial charge >= 0.3 is 0 Å². The first-order valence-electron chi connectivity index (χ1n) is 9.07. The average molecular weight is 368 g/mol. The van der Waals surface area contributed by atoms with Crippen molar-refractivity contribution in [3.05, 3.63) is 69.3 Å². The maximum atomic E-state index is 11.0. The zero-order valence-electron chi connectivity index (χ0n) is 15.8. The summed E-state index contributed by atoms with van der Waals surface area (Å²) in [6.45, 7) is 4.11. The van der Waals surface area contributed by atoms with Gasteiger partial charge in [0.15, 0.2) is 0 Å². The molecule has 0 fully saturated rings. The molecular formula is C21H24N2O4. The highest BCUT2D eigenvalue weighted by molar-refractivity contribution is 5.67. The lowest BCUT2D eigenvalue weighted by Gasteiger charge is -2.43. The number of non-ortho nitro benzene ring substituents is 1. The van der Waals surface area contributed by atoms with Crippen LogP contribution in [0.2, 0.25) is 0 Å². The number of ether oxygens (including phenoxy) is 1. The molecule has 27 heavy (non-hydrogen) atoms. The minimum Gasteiger partial charge on any atom is -0.464 e. The third-order valence-corrected chi connectivity index (χ3v) is 5.16. The number of hydrogen-bond donors (Lipinski definition) is 1. The maximum absolute atomic E-state index is 11.0. The summed E-state index contributed by atoms with van der Waals surface area (Å²) >= 11 is 0. The molecule has 0 bridgehead atoms. The Labute approximate surface area is 158 Å². The van der Waals surface area contributed by atoms with Crippen LogP contribution in [0.1, 0.15) is 37.0 Å². The molecule has 0 saturated carbocycles. The highest BCUT2D eigenvalue weighted by Crippen LogP contribution is 2.39. The lowest BCUT2D eigenvalue weighted by atomic mass is 9.98. The van der Waals surface area contributed by atoms with E-state index in [-0.39, 0.29) is 12.3 Å². The van der Waals surface area contributed by atoms with Crippen molar-refractivity contribution in [2.75, 3.05) is 11.9 Å². The number of fused-ring (bicyclic) bond motifs is 1. The van der Waals surface area contributed by atoms with Crippen LogP contribution in [0, 0.1) is 10.1 Å². The number of rotatable bonds is 6. The Balaban J connectivity index is 2.02. The molecule has 0 aliphatic carbocycles. The van der Waals surface area contributed by atoms with Crippen molar-refractivity contribution >= 4 is 17.5 Å². The van der Waals surface area contributed by atoms with Crippen molar-refractivity contribution in [3.8, 4) is 5.75 Å². The molecule has 1 atom stereocenters. The summed E-state index contributed by atoms with van der Waals surface area (Å²) in [5.74, 6) is 0.619. The van der Waals surface area contributed by atoms with Crippen LogP contribution in [0.4, 0.5) is 11.4 Å². The lowest BCUT2D eigenvalue weighted by Crippen LogP contribution is -2.51. The summed E-state index contributed by atoms with van der Waals surface area (Å²) < 4.78 is 6.35. The molecule has 1 unspecified atom stereocenters. The van der Waals surface area contributed by atoms with Gasteiger partial charge in [0.05, 0.1) is 11.5 Å². The summed E-state index contributed by atoms with van der Waals surface area (Å²) in [5.41, 5.74) is 3.04. The average Bonchev–Trinajstić information content (AvgIpc) is 2.71. The Kier molecular flexibility index (Phi) is 5.19. The fourth-order valence-corrected chi connectivity index (χ4v) is 3.45. The van der Waals surface area contributed by atoms with Gasteiger partial charge in [-0.2, -0.15) is 0 Å². The smallest absolute Gasteiger partial charge is 0.270 e. The van der Waals surface area contributed by atoms with Crippen LogP contribution in [-0.4, -0.2) is 22.8 Å². The Morgan fingerprint density at radius 3 is 2.63 bits per heavy atom. The number of hydrogen-bond acceptors (Lipinski definition) is 5. The first kappa shape index (κ1) is 18.9. The van der Waals surface area contributed by atoms with Crippen LogP contribution in [0.5, 0.6) is 5.75 Å². The van der Waals surface area contributed by atoms with Crippen molar-refractivity contribution < 1.29 is 14.8 Å². The molecule has 0 radical (unpaired) electrons. The Morgan fingerprint density at radius 2 is 2.00 bits per heavy atom. The number of nitrogens with zero attached hydrogens (tertiary/aromatic N) is 2. The molecule has 1 aliphatic rings. The van der Waals surface area contributed by atoms with E-state index in [1.54, 1.807) is 6.07 Å². The number of nitro benzene ring substituents is 1. The number of likely N-dealkylation sites (N-methyl/N-ethyl adjacent to an activating group) is 1. The number of nitro groups is 1. The van der Waals surface area contributed by atoms with Gasteiger partial charge in [0.25, 0.3) is 5.69 Å². The summed E-state index contributed by atoms with van der Waals surface area (Å²) in [7, 11) is 1.97. The van der Waals surface area contributed by atoms with Gasteiger partial charge in [-0.15, -0.1) is 0 Å². The molecule has 142 valence electrons. The molecule has 3 rings (SSSR count). The van der Waals surface area contributed by atoms with Crippen molar-refractivity contribution in [3.63, 3.8) is 0 Å². The van der Waals surface area contributed by atoms with Gasteiger partial charge in [-0.3, -0.25) is 10.1 Å². The number of aliphatic hydroxyl groups is 1. The topological polar surface area (TPSA) is 75.8 Å². The lowest BCUT2D eigenvalue weighted by molar-refractivity contribution is -0.384. The Morgan fingerprint density at radius 1 is 1.22 bits per heavy atom. The molecule has 0 saturated heterocycles. The maximum Gasteiger partial charge on any atom is 0.270 e. The minimum absolute atomic E-state index is 0.0207. The summed E-state index contributed by atoms with van der Waals surface area (Å²) in [6, 6.07) is 10.6. The van der Waals surface area contributed by atoms with E-state index in [4.69, 9.17) is 4.74 Å². The third kappa shape index (κ3) is 3.40. The molecule has 2 aromatic rings. The molecular weight excluding hydrogens is 344 g/mol. The van der Waals surface area contributed by atoms with Crippen LogP contribution < -0.4 is 9.64 Å². The van der Waals surface area contributed by atoms with Gasteiger partial charge in [-0.05, 0) is 41.8 Å². The van der Waals surface area contributed by atoms with Crippen LogP contribution in [0.15, 0.2) is 42.5 Å². The Hall–Kier alpha value is -2.86. The molecule has 1 heterocycles. The van der Waals surface area contributed by atoms with Crippen molar-refractivity contribution in [2.45, 2.75) is 39.0 Å². The highest BCUT2D eigenvalue weighted by atomic mass is 16.6. The van der Waals surface area contributed by atoms with Gasteiger partial charge < -0.3 is 14.7 Å². The molecule has 0 aromatic heterocycles. The zero-order valence-corrected chi connectivity index (χ0v) is 15.8. The molecule has 1 aliphatic heterocycles. The van der Waals surface area contributed by atoms with Crippen molar-refractivity contribution in [1.82, 2.24) is 0 Å². The van der Waals surface area contributed by atoms with Gasteiger partial charge in [0, 0.05) is 36.9 Å². The fraction of sp³-hybridized carbons (Fsp3) is 0.333. The molecule has 0 spiro atoms. The first-order valence-corrected chi connectivity index (χ1v) is 9.07. The number of aryl methyl sites for hydroxylation is 1. The number of benzene rings is 2. The van der Waals surface area contributed by atoms with Gasteiger partial charge in [0.2, 0.25) is 5.72 Å². The predicted molar refractivity (Wildman–Crippen MR) is 106 cm³/mol. The van der Waals surface area contributed by atoms with Crippen LogP contribution in [0.25, 0.3) is 6.08 Å². The van der Waals surface area contributed by atoms with E-state index in [1.165, 1.54) is 12.1 Å². The van der Waals surface area contributed by atoms with Crippen molar-refractivity contribution in [1.29, 1.82) is 0 Å². The van der Waals surface area contributed by atoms with E-state index in [0.29, 0.717) is 17.7 Å². The molecule has 6 nitrogen and oxygen atoms in total. The summed E-state index contributed by atoms with van der Waals surface area (Å²) in [4.78, 5) is 12.7. The van der Waals surface area contributed by atoms with E-state index in [2.05, 4.69) is 11.8 Å². The van der Waals surface area contributed by atoms with E-state index >= 15 is 0 Å². The predicted octanol–water partition coefficient (Wildman–Crippen LogP) is 4.30. The molecule has 2 aromatic carbocycles. The van der Waals surface area contributed by atoms with E-state index in [9.17, 15) is 15.2 Å². The monoisotopic (exact) mass is 368 g/mol. The second-order valence-corrected chi connectivity index (χ2v) is 6.65. The van der Waals surface area contributed by atoms with Gasteiger partial charge in [0.1, 0.15) is 5.75 Å². The van der Waals surface area contributed by atoms with Gasteiger partial charge in [-0.1, -0.05) is 26.0 Å². The number of anilines is 1. The third-order valence-electron chi connectivity index (χ3n) is 5.16. The van der Waals surface area contributed by atoms with Gasteiger partial charge in [-0.25, -0.2) is 0 Å². The highest BCUT2D eigenvalue weighted by Gasteiger charge is 2.37. The van der Waals surface area contributed by atoms with E-state index in [1.807, 2.05) is 44.3 Å². The van der Waals surface area contributed by atoms with Crippen LogP contribution in [0.3, 0.4) is 0 Å². The molecule has 6 heteroatoms. The fourth-order valence-electron chi connectivity index (χ4n) is 3.45. The van der Waals surface area contributed by atoms with Crippen LogP contribution in [-0.2, 0) is 13.0 Å². The normalized spacial score (nSPS) is 17.9. The zero-order chi connectivity index (χ0) is 19.6. The van der Waals surface area contributed by atoms with E-state index < -0.39 is 10.6 Å². The quantitative estimate of drug-likeness (QED) is 0.608. The minimum atomic E-state index is -0.707. The largest absolute Gasteiger partial charge is 0.464 e. The second-order valence-electron chi connectivity index (χ2n) is 6.65. The SMILES string of the molecule is CCc1ccc(CO)cc1N(C)C1(CC)C=Cc2cc([N+](=O)[O-])ccc2O1. The second kappa shape index (κ2) is 7.40. The summed E-state index contributed by atoms with van der Waals surface area (Å²) in [6.07, 6.45) is 5.37. The van der Waals surface area contributed by atoms with Crippen LogP contribution >= 0.6 is 0 Å². The van der Waals surface area contributed by atoms with E-state index in [0.717, 1.165) is 23.2 Å². The number of aliphatic hydroxyl groups excluding tert-OH is 1. The molecule has 1 N–H and O–H groups in total. The summed E-state index contributed by atoms with van der Waals surface area (Å²) in [5, 5.41) is 20.5. The first-order chi connectivity index (χ1) is 12.9. The molecule has 0 amide bonds. The Bertz CT molecular complexity index is 894.